The number of rotatable bonds is 9. The number of hydrogen-bond acceptors (Lipinski definition) is 4. The third-order valence-electron chi connectivity index (χ3n) is 3.48. The minimum Gasteiger partial charge on any atom is -0.316 e. The molecule has 4 nitrogen and oxygen atoms in total. The van der Waals surface area contributed by atoms with Gasteiger partial charge in [0.1, 0.15) is 0 Å². The van der Waals surface area contributed by atoms with Crippen LogP contribution < -0.4 is 5.32 Å². The zero-order valence-electron chi connectivity index (χ0n) is 13.5. The highest BCUT2D eigenvalue weighted by atomic mass is 32.2. The van der Waals surface area contributed by atoms with Crippen molar-refractivity contribution in [1.29, 1.82) is 0 Å². The molecule has 1 N–H and O–H groups in total. The predicted octanol–water partition coefficient (Wildman–Crippen LogP) is 1.91. The zero-order chi connectivity index (χ0) is 15.1. The highest BCUT2D eigenvalue weighted by Gasteiger charge is 2.27. The summed E-state index contributed by atoms with van der Waals surface area (Å²) < 4.78 is 23.1. The Morgan fingerprint density at radius 2 is 1.68 bits per heavy atom. The average molecular weight is 292 g/mol. The van der Waals surface area contributed by atoms with Gasteiger partial charge in [0.2, 0.25) is 0 Å². The minimum absolute atomic E-state index is 0.225. The molecule has 0 saturated heterocycles. The Hall–Kier alpha value is -0.130. The Labute approximate surface area is 119 Å². The molecule has 0 aliphatic heterocycles. The van der Waals surface area contributed by atoms with E-state index in [1.165, 1.54) is 0 Å². The van der Waals surface area contributed by atoms with Gasteiger partial charge in [0, 0.05) is 12.6 Å². The van der Waals surface area contributed by atoms with E-state index in [9.17, 15) is 8.42 Å². The highest BCUT2D eigenvalue weighted by molar-refractivity contribution is 7.92. The zero-order valence-corrected chi connectivity index (χ0v) is 14.3. The van der Waals surface area contributed by atoms with Gasteiger partial charge in [-0.05, 0) is 67.6 Å². The first kappa shape index (κ1) is 18.9. The summed E-state index contributed by atoms with van der Waals surface area (Å²) in [5, 5.41) is 3.22. The Bertz CT molecular complexity index is 332. The van der Waals surface area contributed by atoms with E-state index in [1.807, 2.05) is 0 Å². The minimum atomic E-state index is -2.99. The van der Waals surface area contributed by atoms with Crippen molar-refractivity contribution in [2.45, 2.75) is 58.2 Å². The Kier molecular flexibility index (Phi) is 8.17. The van der Waals surface area contributed by atoms with Crippen molar-refractivity contribution in [1.82, 2.24) is 10.2 Å². The lowest BCUT2D eigenvalue weighted by Crippen LogP contribution is -2.35. The number of sulfone groups is 1. The van der Waals surface area contributed by atoms with Gasteiger partial charge in [-0.25, -0.2) is 8.42 Å². The first-order chi connectivity index (χ1) is 8.58. The first-order valence-electron chi connectivity index (χ1n) is 7.21. The molecule has 0 unspecified atom stereocenters. The molecular weight excluding hydrogens is 260 g/mol. The van der Waals surface area contributed by atoms with Crippen LogP contribution in [0.1, 0.15) is 47.5 Å². The second-order valence-corrected chi connectivity index (χ2v) is 9.33. The molecule has 0 fully saturated rings. The van der Waals surface area contributed by atoms with Crippen molar-refractivity contribution in [2.24, 2.45) is 0 Å². The van der Waals surface area contributed by atoms with Crippen molar-refractivity contribution in [3.8, 4) is 0 Å². The first-order valence-corrected chi connectivity index (χ1v) is 8.86. The lowest BCUT2D eigenvalue weighted by molar-refractivity contribution is 0.268. The van der Waals surface area contributed by atoms with Gasteiger partial charge < -0.3 is 10.2 Å². The lowest BCUT2D eigenvalue weighted by Gasteiger charge is -2.21. The smallest absolute Gasteiger partial charge is 0.156 e. The molecule has 0 radical (unpaired) electrons. The van der Waals surface area contributed by atoms with E-state index in [-0.39, 0.29) is 5.75 Å². The molecule has 19 heavy (non-hydrogen) atoms. The predicted molar refractivity (Wildman–Crippen MR) is 83.4 cm³/mol. The molecule has 0 saturated carbocycles. The average Bonchev–Trinajstić information content (AvgIpc) is 2.25. The molecule has 0 aromatic rings. The van der Waals surface area contributed by atoms with Crippen molar-refractivity contribution in [3.05, 3.63) is 0 Å². The van der Waals surface area contributed by atoms with E-state index in [1.54, 1.807) is 20.8 Å². The summed E-state index contributed by atoms with van der Waals surface area (Å²) in [5.74, 6) is 0.225. The van der Waals surface area contributed by atoms with Crippen LogP contribution in [0.2, 0.25) is 0 Å². The fourth-order valence-electron chi connectivity index (χ4n) is 1.51. The van der Waals surface area contributed by atoms with E-state index in [0.29, 0.717) is 12.6 Å². The molecule has 0 spiro atoms. The van der Waals surface area contributed by atoms with Gasteiger partial charge in [0.05, 0.1) is 10.5 Å². The maximum absolute atomic E-state index is 11.9. The summed E-state index contributed by atoms with van der Waals surface area (Å²) in [6, 6.07) is 0.588. The molecule has 0 aromatic carbocycles. The second-order valence-electron chi connectivity index (χ2n) is 6.46. The molecular formula is C14H32N2O2S. The largest absolute Gasteiger partial charge is 0.316 e. The standard InChI is InChI=1S/C14H32N2O2S/c1-13(2)16(6)11-8-7-9-15-10-12-19(17,18)14(3,4)5/h13,15H,7-12H2,1-6H3. The molecule has 116 valence electrons. The van der Waals surface area contributed by atoms with Crippen molar-refractivity contribution < 1.29 is 8.42 Å². The maximum Gasteiger partial charge on any atom is 0.156 e. The van der Waals surface area contributed by atoms with Crippen LogP contribution in [-0.4, -0.2) is 56.5 Å². The van der Waals surface area contributed by atoms with E-state index >= 15 is 0 Å². The fraction of sp³-hybridized carbons (Fsp3) is 1.00. The molecule has 0 amide bonds. The van der Waals surface area contributed by atoms with Gasteiger partial charge in [-0.3, -0.25) is 0 Å². The van der Waals surface area contributed by atoms with Crippen LogP contribution in [-0.2, 0) is 9.84 Å². The van der Waals surface area contributed by atoms with Gasteiger partial charge in [0.25, 0.3) is 0 Å². The Morgan fingerprint density at radius 3 is 2.16 bits per heavy atom. The van der Waals surface area contributed by atoms with Crippen LogP contribution in [0.25, 0.3) is 0 Å². The summed E-state index contributed by atoms with van der Waals surface area (Å²) >= 11 is 0. The van der Waals surface area contributed by atoms with E-state index < -0.39 is 14.6 Å². The van der Waals surface area contributed by atoms with Crippen molar-refractivity contribution in [2.75, 3.05) is 32.4 Å². The quantitative estimate of drug-likeness (QED) is 0.660. The second kappa shape index (κ2) is 8.22. The third-order valence-corrected chi connectivity index (χ3v) is 6.08. The monoisotopic (exact) mass is 292 g/mol. The van der Waals surface area contributed by atoms with Gasteiger partial charge >= 0.3 is 0 Å². The van der Waals surface area contributed by atoms with Crippen LogP contribution >= 0.6 is 0 Å². The summed E-state index contributed by atoms with van der Waals surface area (Å²) in [6.07, 6.45) is 2.24. The molecule has 0 rings (SSSR count). The van der Waals surface area contributed by atoms with Gasteiger partial charge in [-0.2, -0.15) is 0 Å². The molecule has 5 heteroatoms. The molecule has 0 aromatic heterocycles. The molecule has 0 heterocycles. The van der Waals surface area contributed by atoms with Crippen LogP contribution in [0, 0.1) is 0 Å². The van der Waals surface area contributed by atoms with Gasteiger partial charge in [-0.15, -0.1) is 0 Å². The topological polar surface area (TPSA) is 49.4 Å². The number of nitrogens with one attached hydrogen (secondary N) is 1. The maximum atomic E-state index is 11.9. The third kappa shape index (κ3) is 7.90. The van der Waals surface area contributed by atoms with Gasteiger partial charge in [-0.1, -0.05) is 0 Å². The van der Waals surface area contributed by atoms with Gasteiger partial charge in [0.15, 0.2) is 9.84 Å². The van der Waals surface area contributed by atoms with Crippen LogP contribution in [0.15, 0.2) is 0 Å². The van der Waals surface area contributed by atoms with Crippen molar-refractivity contribution >= 4 is 9.84 Å². The van der Waals surface area contributed by atoms with Crippen LogP contribution in [0.4, 0.5) is 0 Å². The molecule has 0 aliphatic carbocycles. The van der Waals surface area contributed by atoms with Crippen LogP contribution in [0.3, 0.4) is 0 Å². The van der Waals surface area contributed by atoms with E-state index in [4.69, 9.17) is 0 Å². The molecule has 0 atom stereocenters. The number of hydrogen-bond donors (Lipinski definition) is 1. The number of nitrogens with zero attached hydrogens (tertiary/aromatic N) is 1. The molecule has 0 aliphatic rings. The fourth-order valence-corrected chi connectivity index (χ4v) is 2.53. The summed E-state index contributed by atoms with van der Waals surface area (Å²) in [6.45, 7) is 12.2. The van der Waals surface area contributed by atoms with Crippen molar-refractivity contribution in [3.63, 3.8) is 0 Å². The summed E-state index contributed by atoms with van der Waals surface area (Å²) in [4.78, 5) is 2.32. The van der Waals surface area contributed by atoms with Crippen LogP contribution in [0.5, 0.6) is 0 Å². The Morgan fingerprint density at radius 1 is 1.11 bits per heavy atom. The lowest BCUT2D eigenvalue weighted by atomic mass is 10.2. The number of unbranched alkanes of at least 4 members (excludes halogenated alkanes) is 1. The molecule has 0 bridgehead atoms. The Balaban J connectivity index is 3.63. The highest BCUT2D eigenvalue weighted by Crippen LogP contribution is 2.15. The van der Waals surface area contributed by atoms with E-state index in [2.05, 4.69) is 31.1 Å². The summed E-state index contributed by atoms with van der Waals surface area (Å²) in [7, 11) is -0.853. The normalized spacial score (nSPS) is 13.5. The SMILES string of the molecule is CC(C)N(C)CCCCNCCS(=O)(=O)C(C)(C)C. The summed E-state index contributed by atoms with van der Waals surface area (Å²) in [5.41, 5.74) is 0. The van der Waals surface area contributed by atoms with E-state index in [0.717, 1.165) is 25.9 Å².